The number of ether oxygens (including phenoxy) is 1. The Balaban J connectivity index is 0.000000560. The van der Waals surface area contributed by atoms with Crippen LogP contribution in [0.15, 0.2) is 155 Å². The number of nitrogens with zero attached hydrogens (tertiary/aromatic N) is 2. The number of carbonyl (C=O) groups excluding carboxylic acids is 7. The molecule has 24 nitrogen and oxygen atoms in total. The fourth-order valence-corrected chi connectivity index (χ4v) is 13.2. The summed E-state index contributed by atoms with van der Waals surface area (Å²) in [5.74, 6) is -3.30. The average Bonchev–Trinajstić information content (AvgIpc) is 1.62. The van der Waals surface area contributed by atoms with Crippen molar-refractivity contribution in [3.63, 3.8) is 0 Å². The summed E-state index contributed by atoms with van der Waals surface area (Å²) >= 11 is 0. The second kappa shape index (κ2) is 38.8. The Morgan fingerprint density at radius 2 is 1.15 bits per heavy atom. The summed E-state index contributed by atoms with van der Waals surface area (Å²) in [5, 5.41) is 24.4. The highest BCUT2D eigenvalue weighted by molar-refractivity contribution is 7.86. The van der Waals surface area contributed by atoms with E-state index >= 15 is 0 Å². The highest BCUT2D eigenvalue weighted by Crippen LogP contribution is 2.29. The molecule has 3 fully saturated rings. The molecule has 0 aliphatic carbocycles. The monoisotopic (exact) mass is 1440 g/mol. The molecule has 0 unspecified atom stereocenters. The molecule has 9 rings (SSSR count). The van der Waals surface area contributed by atoms with E-state index in [0.717, 1.165) is 51.1 Å². The second-order valence-electron chi connectivity index (χ2n) is 26.5. The van der Waals surface area contributed by atoms with Crippen LogP contribution < -0.4 is 42.8 Å². The molecule has 3 aliphatic heterocycles. The van der Waals surface area contributed by atoms with E-state index in [-0.39, 0.29) is 67.3 Å². The number of fused-ring (bicyclic) bond motifs is 2. The number of aromatic hydroxyl groups is 1. The van der Waals surface area contributed by atoms with E-state index in [2.05, 4.69) is 57.8 Å². The molecule has 12 N–H and O–H groups in total. The zero-order valence-corrected chi connectivity index (χ0v) is 60.4. The van der Waals surface area contributed by atoms with Crippen LogP contribution in [-0.2, 0) is 55.4 Å². The predicted molar refractivity (Wildman–Crippen MR) is 390 cm³/mol. The number of phenols is 1. The van der Waals surface area contributed by atoms with Crippen molar-refractivity contribution in [3.8, 4) is 33.8 Å². The Hall–Kier alpha value is -9.05. The van der Waals surface area contributed by atoms with Gasteiger partial charge in [0.1, 0.15) is 47.8 Å². The van der Waals surface area contributed by atoms with E-state index in [1.807, 2.05) is 50.2 Å². The molecule has 102 heavy (non-hydrogen) atoms. The molecule has 0 radical (unpaired) electrons. The number of carbonyl (C=O) groups is 7. The van der Waals surface area contributed by atoms with Gasteiger partial charge in [-0.2, -0.15) is 16.8 Å². The number of hydrogen-bond donors (Lipinski definition) is 10. The molecule has 3 aliphatic rings. The zero-order valence-electron chi connectivity index (χ0n) is 58.7. The van der Waals surface area contributed by atoms with Crippen molar-refractivity contribution in [1.82, 2.24) is 36.4 Å². The third kappa shape index (κ3) is 24.3. The number of nitrogens with two attached hydrogens (primary N) is 2. The summed E-state index contributed by atoms with van der Waals surface area (Å²) in [5.41, 5.74) is 19.2. The molecule has 0 saturated carbocycles. The third-order valence-electron chi connectivity index (χ3n) is 18.1. The zero-order chi connectivity index (χ0) is 74.1. The van der Waals surface area contributed by atoms with Crippen LogP contribution in [0.25, 0.3) is 22.3 Å². The van der Waals surface area contributed by atoms with E-state index in [4.69, 9.17) is 25.3 Å². The van der Waals surface area contributed by atoms with Crippen LogP contribution in [0.2, 0.25) is 0 Å². The molecular formula is C76H99N9O15S2. The Morgan fingerprint density at radius 3 is 1.70 bits per heavy atom. The molecule has 3 heterocycles. The number of unbranched alkanes of at least 4 members (excludes halogenated alkanes) is 5. The molecular weight excluding hydrogens is 1340 g/mol. The summed E-state index contributed by atoms with van der Waals surface area (Å²) < 4.78 is 65.1. The van der Waals surface area contributed by atoms with Gasteiger partial charge in [0.2, 0.25) is 35.4 Å². The maximum atomic E-state index is 14.6. The van der Waals surface area contributed by atoms with E-state index < -0.39 is 110 Å². The van der Waals surface area contributed by atoms with Gasteiger partial charge >= 0.3 is 0 Å². The fourth-order valence-electron chi connectivity index (χ4n) is 12.2. The molecule has 26 heteroatoms. The van der Waals surface area contributed by atoms with E-state index in [0.29, 0.717) is 50.8 Å². The second-order valence-corrected chi connectivity index (χ2v) is 29.4. The first kappa shape index (κ1) is 80.3. The lowest BCUT2D eigenvalue weighted by molar-refractivity contribution is -0.143. The van der Waals surface area contributed by atoms with Gasteiger partial charge in [0.15, 0.2) is 0 Å². The van der Waals surface area contributed by atoms with Crippen molar-refractivity contribution in [2.24, 2.45) is 17.4 Å². The first-order valence-corrected chi connectivity index (χ1v) is 37.9. The van der Waals surface area contributed by atoms with Gasteiger partial charge in [0.05, 0.1) is 16.4 Å². The topological polar surface area (TPSA) is 376 Å². The number of nitrogens with one attached hydrogen (secondary N) is 5. The first-order valence-electron chi connectivity index (χ1n) is 35.0. The van der Waals surface area contributed by atoms with Crippen molar-refractivity contribution >= 4 is 61.6 Å². The first-order chi connectivity index (χ1) is 48.6. The number of amides is 7. The SMILES string of the molecule is CCCCCCCOc1ccc(-c2ccc(-c3ccc(C(=O)N[C@H]4CCCNC(=O)[C@@H]5C[C@H](N)CN5C(=O)[C@H](CCCCN)NC(=O)[C@H](CCc5ccc(O)cc5)NC(=O)[C@@H]5CCCN5C(=O)[C@H](C(C)C)NC4=O)cc3)cc2)cc1.Cc1ccc(S(=O)(=O)O)cc1.Cc1ccc(S(=O)(=O)O)cc1. The minimum atomic E-state index is -4.02. The van der Waals surface area contributed by atoms with Crippen LogP contribution in [-0.4, -0.2) is 157 Å². The summed E-state index contributed by atoms with van der Waals surface area (Å²) in [7, 11) is -8.04. The van der Waals surface area contributed by atoms with Gasteiger partial charge in [-0.15, -0.1) is 0 Å². The Morgan fingerprint density at radius 1 is 0.598 bits per heavy atom. The van der Waals surface area contributed by atoms with Crippen LogP contribution in [0.1, 0.15) is 138 Å². The molecule has 6 aromatic carbocycles. The third-order valence-corrected chi connectivity index (χ3v) is 19.9. The quantitative estimate of drug-likeness (QED) is 0.0239. The number of hydrogen-bond acceptors (Lipinski definition) is 15. The van der Waals surface area contributed by atoms with Gasteiger partial charge in [-0.1, -0.05) is 143 Å². The van der Waals surface area contributed by atoms with Crippen LogP contribution in [0.4, 0.5) is 0 Å². The minimum Gasteiger partial charge on any atom is -0.508 e. The van der Waals surface area contributed by atoms with E-state index in [1.165, 1.54) is 71.9 Å². The maximum Gasteiger partial charge on any atom is 0.294 e. The molecule has 7 atom stereocenters. The Kier molecular flexibility index (Phi) is 30.6. The van der Waals surface area contributed by atoms with E-state index in [1.54, 1.807) is 62.4 Å². The van der Waals surface area contributed by atoms with Crippen molar-refractivity contribution in [2.75, 3.05) is 32.8 Å². The molecule has 550 valence electrons. The minimum absolute atomic E-state index is 0.0656. The van der Waals surface area contributed by atoms with Gasteiger partial charge in [-0.25, -0.2) is 0 Å². The van der Waals surface area contributed by atoms with Gasteiger partial charge in [0.25, 0.3) is 26.1 Å². The van der Waals surface area contributed by atoms with Crippen molar-refractivity contribution in [3.05, 3.63) is 168 Å². The summed E-state index contributed by atoms with van der Waals surface area (Å²) in [6, 6.07) is 34.8. The normalized spacial score (nSPS) is 20.2. The van der Waals surface area contributed by atoms with Crippen molar-refractivity contribution in [2.45, 2.75) is 183 Å². The summed E-state index contributed by atoms with van der Waals surface area (Å²) in [6.07, 6.45) is 8.85. The molecule has 0 spiro atoms. The number of aryl methyl sites for hydroxylation is 3. The van der Waals surface area contributed by atoms with Crippen molar-refractivity contribution < 1.29 is 69.3 Å². The highest BCUT2D eigenvalue weighted by Gasteiger charge is 2.43. The number of benzene rings is 6. The number of phenolic OH excluding ortho intramolecular Hbond substituents is 1. The van der Waals surface area contributed by atoms with Crippen LogP contribution >= 0.6 is 0 Å². The van der Waals surface area contributed by atoms with Gasteiger partial charge in [-0.05, 0) is 185 Å². The van der Waals surface area contributed by atoms with Crippen LogP contribution in [0, 0.1) is 19.8 Å². The number of rotatable bonds is 21. The lowest BCUT2D eigenvalue weighted by Gasteiger charge is -2.32. The lowest BCUT2D eigenvalue weighted by Crippen LogP contribution is -2.60. The maximum absolute atomic E-state index is 14.6. The van der Waals surface area contributed by atoms with Gasteiger partial charge in [0, 0.05) is 31.2 Å². The highest BCUT2D eigenvalue weighted by atomic mass is 32.2. The van der Waals surface area contributed by atoms with Crippen LogP contribution in [0.3, 0.4) is 0 Å². The molecule has 0 aromatic heterocycles. The van der Waals surface area contributed by atoms with Gasteiger partial charge < -0.3 is 57.7 Å². The van der Waals surface area contributed by atoms with Crippen molar-refractivity contribution in [1.29, 1.82) is 0 Å². The molecule has 0 bridgehead atoms. The lowest BCUT2D eigenvalue weighted by atomic mass is 9.99. The predicted octanol–water partition coefficient (Wildman–Crippen LogP) is 8.36. The van der Waals surface area contributed by atoms with E-state index in [9.17, 15) is 55.5 Å². The Labute approximate surface area is 599 Å². The molecule has 3 saturated heterocycles. The summed E-state index contributed by atoms with van der Waals surface area (Å²) in [4.78, 5) is 103. The molecule has 6 aromatic rings. The Bertz CT molecular complexity index is 3900. The summed E-state index contributed by atoms with van der Waals surface area (Å²) in [6.45, 7) is 10.9. The average molecular weight is 1440 g/mol. The van der Waals surface area contributed by atoms with Crippen LogP contribution in [0.5, 0.6) is 11.5 Å². The fraction of sp³-hybridized carbons (Fsp3) is 0.434. The molecule has 7 amide bonds. The smallest absolute Gasteiger partial charge is 0.294 e. The van der Waals surface area contributed by atoms with Gasteiger partial charge in [-0.3, -0.25) is 42.7 Å². The largest absolute Gasteiger partial charge is 0.508 e. The standard InChI is InChI=1S/C62H83N9O9.2C7H8O3S/c1-4-5-6-7-10-37-80-49-31-27-45(28-32-49)43-21-19-42(20-22-43)44-23-25-46(26-24-44)56(73)66-50-14-11-35-65-59(76)54-38-47(64)39-71(54)61(78)52(13-8-9-34-63)68-57(74)51(33-18-41-16-29-48(72)30-17-41)67-60(77)53-15-12-36-70(53)62(79)55(40(2)3)69-58(50)75;2*1-6-2-4-7(5-3-6)11(8,9)10/h16-17,19-32,40,47,50-55,72H,4-15,18,33-39,63-64H2,1-3H3,(H,65,76)(H,66,73)(H,67,77)(H,68,74)(H,69,75);2*2-5H,1H3,(H,8,9,10)/t47-,50-,51-,52-,53-,54-,55-;;/m0../s1.